The summed E-state index contributed by atoms with van der Waals surface area (Å²) in [6, 6.07) is 20.9. The van der Waals surface area contributed by atoms with Crippen LogP contribution in [-0.2, 0) is 9.53 Å². The number of Topliss-reactive ketones (excluding diaryl/α,β-unsaturated/α-hetero) is 2. The van der Waals surface area contributed by atoms with Crippen LogP contribution in [0.2, 0.25) is 5.02 Å². The van der Waals surface area contributed by atoms with Gasteiger partial charge in [0.1, 0.15) is 11.8 Å². The molecule has 0 radical (unpaired) electrons. The van der Waals surface area contributed by atoms with Gasteiger partial charge in [-0.3, -0.25) is 9.59 Å². The van der Waals surface area contributed by atoms with E-state index in [1.54, 1.807) is 79.9 Å². The van der Waals surface area contributed by atoms with Gasteiger partial charge in [-0.1, -0.05) is 41.9 Å². The summed E-state index contributed by atoms with van der Waals surface area (Å²) in [6.45, 7) is 1.50. The lowest BCUT2D eigenvalue weighted by Gasteiger charge is -2.21. The van der Waals surface area contributed by atoms with E-state index in [1.165, 1.54) is 6.92 Å². The molecule has 0 saturated heterocycles. The van der Waals surface area contributed by atoms with Gasteiger partial charge in [0, 0.05) is 28.3 Å². The Balaban J connectivity index is 1.75. The first-order valence-corrected chi connectivity index (χ1v) is 10.7. The quantitative estimate of drug-likeness (QED) is 0.326. The van der Waals surface area contributed by atoms with Crippen molar-refractivity contribution in [2.24, 2.45) is 0 Å². The Kier molecular flexibility index (Phi) is 8.22. The van der Waals surface area contributed by atoms with E-state index in [-0.39, 0.29) is 18.0 Å². The van der Waals surface area contributed by atoms with Crippen molar-refractivity contribution in [3.05, 3.63) is 95.0 Å². The monoisotopic (exact) mass is 465 g/mol. The predicted molar refractivity (Wildman–Crippen MR) is 127 cm³/mol. The molecule has 3 aromatic carbocycles. The summed E-state index contributed by atoms with van der Waals surface area (Å²) in [5, 5.41) is 3.54. The zero-order chi connectivity index (χ0) is 23.8. The topological polar surface area (TPSA) is 81.7 Å². The van der Waals surface area contributed by atoms with Gasteiger partial charge in [0.25, 0.3) is 0 Å². The lowest BCUT2D eigenvalue weighted by molar-refractivity contribution is -0.147. The predicted octanol–water partition coefficient (Wildman–Crippen LogP) is 5.22. The van der Waals surface area contributed by atoms with E-state index in [9.17, 15) is 14.4 Å². The third kappa shape index (κ3) is 6.67. The van der Waals surface area contributed by atoms with Gasteiger partial charge in [0.05, 0.1) is 7.11 Å². The summed E-state index contributed by atoms with van der Waals surface area (Å²) >= 11 is 5.87. The van der Waals surface area contributed by atoms with Gasteiger partial charge >= 0.3 is 5.97 Å². The highest BCUT2D eigenvalue weighted by atomic mass is 35.5. The summed E-state index contributed by atoms with van der Waals surface area (Å²) in [5.74, 6) is -0.639. The molecule has 3 aromatic rings. The number of anilines is 1. The molecule has 0 aliphatic heterocycles. The number of nitrogens with one attached hydrogen (secondary N) is 1. The van der Waals surface area contributed by atoms with Crippen molar-refractivity contribution in [3.63, 3.8) is 0 Å². The first-order valence-electron chi connectivity index (χ1n) is 10.4. The zero-order valence-corrected chi connectivity index (χ0v) is 19.0. The Morgan fingerprint density at radius 1 is 0.879 bits per heavy atom. The van der Waals surface area contributed by atoms with Gasteiger partial charge < -0.3 is 14.8 Å². The number of ether oxygens (including phenoxy) is 2. The molecule has 3 rings (SSSR count). The number of hydrogen-bond acceptors (Lipinski definition) is 6. The second-order valence-corrected chi connectivity index (χ2v) is 7.81. The van der Waals surface area contributed by atoms with Crippen LogP contribution in [0.5, 0.6) is 5.75 Å². The molecule has 6 nitrogen and oxygen atoms in total. The number of benzene rings is 3. The third-order valence-corrected chi connectivity index (χ3v) is 5.24. The molecule has 170 valence electrons. The minimum Gasteiger partial charge on any atom is -0.497 e. The number of carbonyl (C=O) groups is 3. The number of esters is 1. The van der Waals surface area contributed by atoms with Crippen molar-refractivity contribution >= 4 is 34.8 Å². The fourth-order valence-corrected chi connectivity index (χ4v) is 3.29. The molecule has 33 heavy (non-hydrogen) atoms. The molecule has 0 unspecified atom stereocenters. The van der Waals surface area contributed by atoms with Crippen molar-refractivity contribution in [1.82, 2.24) is 0 Å². The van der Waals surface area contributed by atoms with Crippen molar-refractivity contribution in [1.29, 1.82) is 0 Å². The Hall–Kier alpha value is -3.64. The van der Waals surface area contributed by atoms with E-state index < -0.39 is 18.1 Å². The van der Waals surface area contributed by atoms with Crippen LogP contribution in [0.1, 0.15) is 34.1 Å². The SMILES string of the molecule is COc1ccc(N[C@@H](CC(=O)c2ccccc2)C(=O)O[C@@H](C)C(=O)c2ccc(Cl)cc2)cc1. The summed E-state index contributed by atoms with van der Waals surface area (Å²) in [5.41, 5.74) is 1.46. The van der Waals surface area contributed by atoms with Gasteiger partial charge in [-0.2, -0.15) is 0 Å². The molecule has 0 heterocycles. The highest BCUT2D eigenvalue weighted by Crippen LogP contribution is 2.19. The first kappa shape index (κ1) is 24.0. The van der Waals surface area contributed by atoms with Crippen molar-refractivity contribution < 1.29 is 23.9 Å². The number of rotatable bonds is 10. The van der Waals surface area contributed by atoms with Crippen LogP contribution in [0, 0.1) is 0 Å². The van der Waals surface area contributed by atoms with E-state index >= 15 is 0 Å². The van der Waals surface area contributed by atoms with Crippen LogP contribution in [0.4, 0.5) is 5.69 Å². The number of hydrogen-bond donors (Lipinski definition) is 1. The fourth-order valence-electron chi connectivity index (χ4n) is 3.17. The second kappa shape index (κ2) is 11.3. The van der Waals surface area contributed by atoms with Gasteiger partial charge in [0.15, 0.2) is 11.9 Å². The van der Waals surface area contributed by atoms with Crippen molar-refractivity contribution in [2.45, 2.75) is 25.5 Å². The van der Waals surface area contributed by atoms with Gasteiger partial charge in [-0.25, -0.2) is 4.79 Å². The second-order valence-electron chi connectivity index (χ2n) is 7.37. The molecule has 1 N–H and O–H groups in total. The first-order chi connectivity index (χ1) is 15.9. The molecule has 0 bridgehead atoms. The Bertz CT molecular complexity index is 1100. The van der Waals surface area contributed by atoms with E-state index in [0.717, 1.165) is 0 Å². The number of halogens is 1. The van der Waals surface area contributed by atoms with E-state index in [2.05, 4.69) is 5.32 Å². The largest absolute Gasteiger partial charge is 0.497 e. The zero-order valence-electron chi connectivity index (χ0n) is 18.3. The molecule has 0 aliphatic carbocycles. The molecule has 0 amide bonds. The lowest BCUT2D eigenvalue weighted by Crippen LogP contribution is -2.37. The summed E-state index contributed by atoms with van der Waals surface area (Å²) < 4.78 is 10.6. The summed E-state index contributed by atoms with van der Waals surface area (Å²) in [7, 11) is 1.56. The van der Waals surface area contributed by atoms with Crippen LogP contribution >= 0.6 is 11.6 Å². The average Bonchev–Trinajstić information content (AvgIpc) is 2.84. The maximum absolute atomic E-state index is 13.0. The molecule has 2 atom stereocenters. The minimum absolute atomic E-state index is 0.142. The van der Waals surface area contributed by atoms with Crippen molar-refractivity contribution in [2.75, 3.05) is 12.4 Å². The fraction of sp³-hybridized carbons (Fsp3) is 0.192. The highest BCUT2D eigenvalue weighted by molar-refractivity contribution is 6.30. The van der Waals surface area contributed by atoms with Crippen molar-refractivity contribution in [3.8, 4) is 5.75 Å². The van der Waals surface area contributed by atoms with Gasteiger partial charge in [-0.15, -0.1) is 0 Å². The minimum atomic E-state index is -1.04. The maximum Gasteiger partial charge on any atom is 0.329 e. The standard InChI is InChI=1S/C26H24ClNO5/c1-17(25(30)19-8-10-20(27)11-9-19)33-26(31)23(16-24(29)18-6-4-3-5-7-18)28-21-12-14-22(32-2)15-13-21/h3-15,17,23,28H,16H2,1-2H3/t17-,23-/m0/s1. The normalized spacial score (nSPS) is 12.3. The molecule has 0 spiro atoms. The van der Waals surface area contributed by atoms with E-state index in [1.807, 2.05) is 6.07 Å². The van der Waals surface area contributed by atoms with E-state index in [4.69, 9.17) is 21.1 Å². The van der Waals surface area contributed by atoms with Crippen LogP contribution in [0.25, 0.3) is 0 Å². The summed E-state index contributed by atoms with van der Waals surface area (Å²) in [4.78, 5) is 38.4. The Morgan fingerprint density at radius 2 is 1.52 bits per heavy atom. The molecule has 0 aliphatic rings. The van der Waals surface area contributed by atoms with Crippen LogP contribution in [0.3, 0.4) is 0 Å². The molecular weight excluding hydrogens is 442 g/mol. The third-order valence-electron chi connectivity index (χ3n) is 4.99. The molecule has 0 saturated carbocycles. The number of carbonyl (C=O) groups excluding carboxylic acids is 3. The molecular formula is C26H24ClNO5. The lowest BCUT2D eigenvalue weighted by atomic mass is 10.0. The smallest absolute Gasteiger partial charge is 0.329 e. The maximum atomic E-state index is 13.0. The molecule has 7 heteroatoms. The Morgan fingerprint density at radius 3 is 2.12 bits per heavy atom. The molecule has 0 aromatic heterocycles. The van der Waals surface area contributed by atoms with Gasteiger partial charge in [0.2, 0.25) is 5.78 Å². The average molecular weight is 466 g/mol. The van der Waals surface area contributed by atoms with Gasteiger partial charge in [-0.05, 0) is 55.5 Å². The van der Waals surface area contributed by atoms with Crippen LogP contribution in [0.15, 0.2) is 78.9 Å². The van der Waals surface area contributed by atoms with Crippen LogP contribution < -0.4 is 10.1 Å². The van der Waals surface area contributed by atoms with Crippen LogP contribution in [-0.4, -0.2) is 36.8 Å². The number of methoxy groups -OCH3 is 1. The summed E-state index contributed by atoms with van der Waals surface area (Å²) in [6.07, 6.45) is -1.18. The molecule has 0 fully saturated rings. The highest BCUT2D eigenvalue weighted by Gasteiger charge is 2.28. The number of ketones is 2. The Labute approximate surface area is 197 Å². The van der Waals surface area contributed by atoms with E-state index in [0.29, 0.717) is 27.6 Å².